The molecular weight excluding hydrogens is 324 g/mol. The molecule has 1 heterocycles. The molecule has 0 unspecified atom stereocenters. The van der Waals surface area contributed by atoms with Crippen LogP contribution in [0.3, 0.4) is 0 Å². The molecule has 0 aliphatic heterocycles. The molecule has 0 aliphatic rings. The number of benzene rings is 1. The van der Waals surface area contributed by atoms with Crippen molar-refractivity contribution in [2.45, 2.75) is 6.61 Å². The van der Waals surface area contributed by atoms with Crippen molar-refractivity contribution in [3.8, 4) is 11.8 Å². The highest BCUT2D eigenvalue weighted by Gasteiger charge is 2.14. The maximum Gasteiger partial charge on any atom is 0.339 e. The van der Waals surface area contributed by atoms with Crippen LogP contribution in [0.5, 0.6) is 5.75 Å². The molecule has 100 valence electrons. The molecule has 20 heavy (non-hydrogen) atoms. The average molecular weight is 333 g/mol. The van der Waals surface area contributed by atoms with Gasteiger partial charge < -0.3 is 9.84 Å². The summed E-state index contributed by atoms with van der Waals surface area (Å²) in [6, 6.07) is 10.0. The van der Waals surface area contributed by atoms with Gasteiger partial charge in [-0.25, -0.2) is 9.78 Å². The third kappa shape index (κ3) is 3.13. The van der Waals surface area contributed by atoms with Crippen molar-refractivity contribution in [1.29, 1.82) is 5.26 Å². The lowest BCUT2D eigenvalue weighted by Crippen LogP contribution is -2.04. The molecule has 0 aliphatic carbocycles. The fourth-order valence-electron chi connectivity index (χ4n) is 1.60. The average Bonchev–Trinajstić information content (AvgIpc) is 2.45. The van der Waals surface area contributed by atoms with Gasteiger partial charge in [0.25, 0.3) is 0 Å². The van der Waals surface area contributed by atoms with Crippen molar-refractivity contribution in [3.05, 3.63) is 57.8 Å². The number of carboxylic acid groups (broad SMARTS) is 1. The SMILES string of the molecule is N#Cc1cc(COc2c(Br)cccc2C(=O)O)ccn1. The van der Waals surface area contributed by atoms with Crippen LogP contribution in [0.15, 0.2) is 41.0 Å². The Hall–Kier alpha value is -2.39. The van der Waals surface area contributed by atoms with Crippen LogP contribution in [0.25, 0.3) is 0 Å². The first kappa shape index (κ1) is 14.0. The summed E-state index contributed by atoms with van der Waals surface area (Å²) in [6.07, 6.45) is 1.51. The van der Waals surface area contributed by atoms with Gasteiger partial charge >= 0.3 is 5.97 Å². The van der Waals surface area contributed by atoms with Gasteiger partial charge in [0.1, 0.15) is 29.7 Å². The molecule has 1 aromatic carbocycles. The summed E-state index contributed by atoms with van der Waals surface area (Å²) in [4.78, 5) is 15.0. The summed E-state index contributed by atoms with van der Waals surface area (Å²) in [5.74, 6) is -0.802. The zero-order valence-electron chi connectivity index (χ0n) is 10.2. The second-order valence-electron chi connectivity index (χ2n) is 3.87. The van der Waals surface area contributed by atoms with Gasteiger partial charge in [0.15, 0.2) is 0 Å². The zero-order chi connectivity index (χ0) is 14.5. The van der Waals surface area contributed by atoms with E-state index < -0.39 is 5.97 Å². The molecule has 6 heteroatoms. The lowest BCUT2D eigenvalue weighted by atomic mass is 10.2. The number of hydrogen-bond acceptors (Lipinski definition) is 4. The van der Waals surface area contributed by atoms with Crippen molar-refractivity contribution in [1.82, 2.24) is 4.98 Å². The second-order valence-corrected chi connectivity index (χ2v) is 4.73. The van der Waals surface area contributed by atoms with Gasteiger partial charge in [-0.05, 0) is 45.8 Å². The topological polar surface area (TPSA) is 83.2 Å². The third-order valence-corrected chi connectivity index (χ3v) is 3.14. The Bertz CT molecular complexity index is 695. The summed E-state index contributed by atoms with van der Waals surface area (Å²) in [7, 11) is 0. The van der Waals surface area contributed by atoms with Crippen molar-refractivity contribution in [3.63, 3.8) is 0 Å². The number of hydrogen-bond donors (Lipinski definition) is 1. The van der Waals surface area contributed by atoms with Crippen LogP contribution in [-0.4, -0.2) is 16.1 Å². The smallest absolute Gasteiger partial charge is 0.339 e. The molecule has 0 saturated carbocycles. The molecule has 2 aromatic rings. The van der Waals surface area contributed by atoms with Gasteiger partial charge in [-0.2, -0.15) is 5.26 Å². The summed E-state index contributed by atoms with van der Waals surface area (Å²) >= 11 is 3.26. The van der Waals surface area contributed by atoms with E-state index in [-0.39, 0.29) is 23.6 Å². The van der Waals surface area contributed by atoms with Gasteiger partial charge in [0.2, 0.25) is 0 Å². The number of halogens is 1. The van der Waals surface area contributed by atoms with E-state index in [0.29, 0.717) is 4.47 Å². The van der Waals surface area contributed by atoms with E-state index in [9.17, 15) is 4.79 Å². The first-order valence-electron chi connectivity index (χ1n) is 5.61. The Morgan fingerprint density at radius 1 is 1.45 bits per heavy atom. The predicted octanol–water partition coefficient (Wildman–Crippen LogP) is 2.99. The van der Waals surface area contributed by atoms with Crippen LogP contribution in [-0.2, 0) is 6.61 Å². The predicted molar refractivity (Wildman–Crippen MR) is 74.4 cm³/mol. The maximum absolute atomic E-state index is 11.1. The van der Waals surface area contributed by atoms with E-state index in [1.807, 2.05) is 6.07 Å². The molecule has 5 nitrogen and oxygen atoms in total. The fraction of sp³-hybridized carbons (Fsp3) is 0.0714. The molecule has 0 radical (unpaired) electrons. The minimum absolute atomic E-state index is 0.0777. The summed E-state index contributed by atoms with van der Waals surface area (Å²) in [5, 5.41) is 17.9. The van der Waals surface area contributed by atoms with E-state index in [1.54, 1.807) is 24.3 Å². The minimum atomic E-state index is -1.06. The van der Waals surface area contributed by atoms with Gasteiger partial charge in [0, 0.05) is 6.20 Å². The number of nitriles is 1. The van der Waals surface area contributed by atoms with Crippen LogP contribution >= 0.6 is 15.9 Å². The third-order valence-electron chi connectivity index (χ3n) is 2.52. The largest absolute Gasteiger partial charge is 0.487 e. The van der Waals surface area contributed by atoms with Gasteiger partial charge in [-0.15, -0.1) is 0 Å². The molecule has 2 rings (SSSR count). The molecular formula is C14H9BrN2O3. The van der Waals surface area contributed by atoms with E-state index in [4.69, 9.17) is 15.1 Å². The quantitative estimate of drug-likeness (QED) is 0.930. The van der Waals surface area contributed by atoms with Gasteiger partial charge in [-0.3, -0.25) is 0 Å². The first-order valence-corrected chi connectivity index (χ1v) is 6.40. The molecule has 0 saturated heterocycles. The molecule has 0 bridgehead atoms. The Morgan fingerprint density at radius 3 is 2.95 bits per heavy atom. The molecule has 0 atom stereocenters. The molecule has 0 fully saturated rings. The van der Waals surface area contributed by atoms with Crippen molar-refractivity contribution < 1.29 is 14.6 Å². The zero-order valence-corrected chi connectivity index (χ0v) is 11.8. The standard InChI is InChI=1S/C14H9BrN2O3/c15-12-3-1-2-11(14(18)19)13(12)20-8-9-4-5-17-10(6-9)7-16/h1-6H,8H2,(H,18,19). The summed E-state index contributed by atoms with van der Waals surface area (Å²) in [5.41, 5.74) is 1.11. The Kier molecular flexibility index (Phi) is 4.33. The number of aromatic carboxylic acids is 1. The van der Waals surface area contributed by atoms with E-state index in [0.717, 1.165) is 5.56 Å². The number of carbonyl (C=O) groups is 1. The number of nitrogens with zero attached hydrogens (tertiary/aromatic N) is 2. The highest BCUT2D eigenvalue weighted by Crippen LogP contribution is 2.29. The highest BCUT2D eigenvalue weighted by atomic mass is 79.9. The Labute approximate surface area is 123 Å². The lowest BCUT2D eigenvalue weighted by molar-refractivity contribution is 0.0691. The van der Waals surface area contributed by atoms with Crippen molar-refractivity contribution in [2.24, 2.45) is 0 Å². The fourth-order valence-corrected chi connectivity index (χ4v) is 2.09. The normalized spacial score (nSPS) is 9.80. The molecule has 0 amide bonds. The van der Waals surface area contributed by atoms with E-state index >= 15 is 0 Å². The lowest BCUT2D eigenvalue weighted by Gasteiger charge is -2.11. The van der Waals surface area contributed by atoms with Crippen molar-refractivity contribution in [2.75, 3.05) is 0 Å². The summed E-state index contributed by atoms with van der Waals surface area (Å²) in [6.45, 7) is 0.153. The minimum Gasteiger partial charge on any atom is -0.487 e. The van der Waals surface area contributed by atoms with Crippen LogP contribution < -0.4 is 4.74 Å². The van der Waals surface area contributed by atoms with Crippen molar-refractivity contribution >= 4 is 21.9 Å². The molecule has 0 spiro atoms. The van der Waals surface area contributed by atoms with Crippen LogP contribution in [0.2, 0.25) is 0 Å². The number of carboxylic acids is 1. The van der Waals surface area contributed by atoms with Crippen LogP contribution in [0.1, 0.15) is 21.6 Å². The number of pyridine rings is 1. The molecule has 1 aromatic heterocycles. The van der Waals surface area contributed by atoms with E-state index in [2.05, 4.69) is 20.9 Å². The van der Waals surface area contributed by atoms with E-state index in [1.165, 1.54) is 12.3 Å². The number of rotatable bonds is 4. The molecule has 1 N–H and O–H groups in total. The van der Waals surface area contributed by atoms with Gasteiger partial charge in [0.05, 0.1) is 4.47 Å². The number of para-hydroxylation sites is 1. The maximum atomic E-state index is 11.1. The summed E-state index contributed by atoms with van der Waals surface area (Å²) < 4.78 is 6.11. The second kappa shape index (κ2) is 6.17. The highest BCUT2D eigenvalue weighted by molar-refractivity contribution is 9.10. The monoisotopic (exact) mass is 332 g/mol. The number of ether oxygens (including phenoxy) is 1. The first-order chi connectivity index (χ1) is 9.61. The van der Waals surface area contributed by atoms with Crippen LogP contribution in [0, 0.1) is 11.3 Å². The number of aromatic nitrogens is 1. The van der Waals surface area contributed by atoms with Crippen LogP contribution in [0.4, 0.5) is 0 Å². The Balaban J connectivity index is 2.23. The Morgan fingerprint density at radius 2 is 2.25 bits per heavy atom. The van der Waals surface area contributed by atoms with Gasteiger partial charge in [-0.1, -0.05) is 6.07 Å².